The van der Waals surface area contributed by atoms with Crippen LogP contribution in [0.15, 0.2) is 73.1 Å². The van der Waals surface area contributed by atoms with Crippen LogP contribution in [-0.2, 0) is 14.3 Å². The van der Waals surface area contributed by atoms with Crippen molar-refractivity contribution in [1.82, 2.24) is 25.3 Å². The number of carbonyl (C=O) groups is 5. The second-order valence-corrected chi connectivity index (χ2v) is 12.5. The van der Waals surface area contributed by atoms with Crippen LogP contribution in [0.2, 0.25) is 10.0 Å². The topological polar surface area (TPSA) is 232 Å². The van der Waals surface area contributed by atoms with E-state index in [1.165, 1.54) is 43.6 Å². The van der Waals surface area contributed by atoms with E-state index >= 15 is 0 Å². The molecule has 0 saturated heterocycles. The van der Waals surface area contributed by atoms with E-state index in [1.807, 2.05) is 0 Å². The first-order valence-electron chi connectivity index (χ1n) is 15.2. The quantitative estimate of drug-likeness (QED) is 0.135. The zero-order valence-electron chi connectivity index (χ0n) is 28.2. The van der Waals surface area contributed by atoms with Gasteiger partial charge in [0.05, 0.1) is 6.04 Å². The summed E-state index contributed by atoms with van der Waals surface area (Å²) in [7, 11) is 0. The molecule has 2 unspecified atom stereocenters. The summed E-state index contributed by atoms with van der Waals surface area (Å²) in [6, 6.07) is 14.1. The van der Waals surface area contributed by atoms with Gasteiger partial charge in [-0.15, -0.1) is 0 Å². The zero-order chi connectivity index (χ0) is 37.7. The fraction of sp³-hybridized carbons (Fsp3) is 0.242. The van der Waals surface area contributed by atoms with Crippen LogP contribution in [-0.4, -0.2) is 67.3 Å². The summed E-state index contributed by atoms with van der Waals surface area (Å²) in [4.78, 5) is 76.0. The van der Waals surface area contributed by atoms with Crippen molar-refractivity contribution < 1.29 is 28.7 Å². The number of aromatic nitrogens is 4. The molecule has 0 radical (unpaired) electrons. The van der Waals surface area contributed by atoms with Gasteiger partial charge in [-0.25, -0.2) is 14.8 Å². The highest BCUT2D eigenvalue weighted by Crippen LogP contribution is 2.20. The average Bonchev–Trinajstić information content (AvgIpc) is 3.04. The number of amides is 5. The van der Waals surface area contributed by atoms with Gasteiger partial charge in [0.25, 0.3) is 11.8 Å². The largest absolute Gasteiger partial charge is 0.444 e. The van der Waals surface area contributed by atoms with E-state index in [9.17, 15) is 24.0 Å². The molecule has 268 valence electrons. The van der Waals surface area contributed by atoms with Crippen molar-refractivity contribution in [1.29, 1.82) is 0 Å². The highest BCUT2D eigenvalue weighted by molar-refractivity contribution is 6.31. The first kappa shape index (κ1) is 39.7. The number of halogens is 2. The molecule has 16 nitrogen and oxygen atoms in total. The van der Waals surface area contributed by atoms with Gasteiger partial charge in [-0.1, -0.05) is 35.3 Å². The molecule has 4 aromatic heterocycles. The predicted octanol–water partition coefficient (Wildman–Crippen LogP) is 4.90. The van der Waals surface area contributed by atoms with Gasteiger partial charge in [0.1, 0.15) is 46.3 Å². The minimum absolute atomic E-state index is 0.108. The molecule has 4 rings (SSSR count). The van der Waals surface area contributed by atoms with Gasteiger partial charge in [0, 0.05) is 22.4 Å². The minimum atomic E-state index is -0.891. The molecule has 0 spiro atoms. The molecule has 0 saturated carbocycles. The Morgan fingerprint density at radius 1 is 0.686 bits per heavy atom. The fourth-order valence-corrected chi connectivity index (χ4v) is 4.04. The second-order valence-electron chi connectivity index (χ2n) is 11.6. The van der Waals surface area contributed by atoms with E-state index in [2.05, 4.69) is 46.5 Å². The molecular weight excluding hydrogens is 703 g/mol. The van der Waals surface area contributed by atoms with Crippen molar-refractivity contribution in [3.05, 3.63) is 94.5 Å². The summed E-state index contributed by atoms with van der Waals surface area (Å²) in [6.07, 6.45) is 2.28. The number of hydrogen-bond donors (Lipinski definition) is 6. The number of pyridine rings is 4. The highest BCUT2D eigenvalue weighted by Gasteiger charge is 2.22. The number of nitrogens with zero attached hydrogens (tertiary/aromatic N) is 4. The Bertz CT molecular complexity index is 1860. The lowest BCUT2D eigenvalue weighted by molar-refractivity contribution is -0.118. The van der Waals surface area contributed by atoms with Crippen LogP contribution in [0.25, 0.3) is 0 Å². The van der Waals surface area contributed by atoms with Gasteiger partial charge in [0.2, 0.25) is 11.8 Å². The smallest absolute Gasteiger partial charge is 0.408 e. The summed E-state index contributed by atoms with van der Waals surface area (Å²) >= 11 is 12.0. The number of hydrogen-bond acceptors (Lipinski definition) is 11. The number of ether oxygens (including phenoxy) is 1. The molecule has 0 aliphatic rings. The van der Waals surface area contributed by atoms with Crippen LogP contribution in [0.3, 0.4) is 0 Å². The number of rotatable bonds is 9. The van der Waals surface area contributed by atoms with E-state index in [-0.39, 0.29) is 39.7 Å². The first-order chi connectivity index (χ1) is 24.0. The van der Waals surface area contributed by atoms with Crippen molar-refractivity contribution in [2.45, 2.75) is 52.3 Å². The number of nitrogens with two attached hydrogens (primary N) is 1. The Balaban J connectivity index is 0.000000286. The molecule has 18 heteroatoms. The predicted molar refractivity (Wildman–Crippen MR) is 193 cm³/mol. The summed E-state index contributed by atoms with van der Waals surface area (Å²) < 4.78 is 5.11. The third-order valence-electron chi connectivity index (χ3n) is 5.90. The van der Waals surface area contributed by atoms with Crippen LogP contribution < -0.4 is 32.3 Å². The van der Waals surface area contributed by atoms with Gasteiger partial charge in [-0.05, 0) is 83.1 Å². The van der Waals surface area contributed by atoms with Gasteiger partial charge >= 0.3 is 6.09 Å². The fourth-order valence-electron chi connectivity index (χ4n) is 3.63. The van der Waals surface area contributed by atoms with E-state index in [0.29, 0.717) is 5.02 Å². The lowest BCUT2D eigenvalue weighted by Crippen LogP contribution is -2.44. The SMILES string of the molecule is CC(N)C(=O)Nc1cc(Cl)cc(NC(=O)c2ccccn2)n1.CC(NC(=O)OC(C)(C)C)C(=O)Nc1cc(Cl)cc(NC(=O)c2ccccn2)n1. The van der Waals surface area contributed by atoms with Gasteiger partial charge < -0.3 is 37.1 Å². The minimum Gasteiger partial charge on any atom is -0.444 e. The molecule has 4 heterocycles. The van der Waals surface area contributed by atoms with Crippen LogP contribution in [0.1, 0.15) is 55.6 Å². The maximum atomic E-state index is 12.3. The van der Waals surface area contributed by atoms with Crippen molar-refractivity contribution in [2.24, 2.45) is 5.73 Å². The molecule has 7 N–H and O–H groups in total. The van der Waals surface area contributed by atoms with Crippen LogP contribution in [0.4, 0.5) is 28.1 Å². The molecule has 2 atom stereocenters. The number of carbonyl (C=O) groups excluding carboxylic acids is 5. The third kappa shape index (κ3) is 14.0. The number of nitrogens with one attached hydrogen (secondary N) is 5. The Morgan fingerprint density at radius 3 is 1.47 bits per heavy atom. The number of anilines is 4. The van der Waals surface area contributed by atoms with Crippen molar-refractivity contribution in [3.8, 4) is 0 Å². The highest BCUT2D eigenvalue weighted by atomic mass is 35.5. The van der Waals surface area contributed by atoms with E-state index in [1.54, 1.807) is 64.1 Å². The summed E-state index contributed by atoms with van der Waals surface area (Å²) in [5.41, 5.74) is 5.23. The third-order valence-corrected chi connectivity index (χ3v) is 6.34. The monoisotopic (exact) mass is 738 g/mol. The molecule has 5 amide bonds. The molecule has 51 heavy (non-hydrogen) atoms. The maximum Gasteiger partial charge on any atom is 0.408 e. The van der Waals surface area contributed by atoms with Crippen LogP contribution in [0, 0.1) is 0 Å². The average molecular weight is 740 g/mol. The van der Waals surface area contributed by atoms with Gasteiger partial charge in [-0.2, -0.15) is 0 Å². The lowest BCUT2D eigenvalue weighted by atomic mass is 10.2. The number of alkyl carbamates (subject to hydrolysis) is 1. The molecule has 0 fully saturated rings. The Labute approximate surface area is 303 Å². The van der Waals surface area contributed by atoms with Crippen molar-refractivity contribution in [3.63, 3.8) is 0 Å². The molecule has 0 aliphatic carbocycles. The Morgan fingerprint density at radius 2 is 1.10 bits per heavy atom. The summed E-state index contributed by atoms with van der Waals surface area (Å²) in [5.74, 6) is -1.20. The van der Waals surface area contributed by atoms with E-state index in [0.717, 1.165) is 0 Å². The normalized spacial score (nSPS) is 11.8. The Hall–Kier alpha value is -5.71. The summed E-state index contributed by atoms with van der Waals surface area (Å²) in [5, 5.41) is 13.2. The maximum absolute atomic E-state index is 12.3. The molecular formula is C33H36Cl2N10O6. The molecule has 0 aliphatic heterocycles. The van der Waals surface area contributed by atoms with E-state index in [4.69, 9.17) is 33.7 Å². The van der Waals surface area contributed by atoms with Crippen molar-refractivity contribution >= 4 is 76.2 Å². The lowest BCUT2D eigenvalue weighted by Gasteiger charge is -2.21. The molecule has 0 bridgehead atoms. The molecule has 0 aromatic carbocycles. The summed E-state index contributed by atoms with van der Waals surface area (Å²) in [6.45, 7) is 8.19. The standard InChI is InChI=1S/C19H22ClN5O4.C14H14ClN5O2/c1-11(22-18(28)29-19(2,3)4)16(26)24-14-9-12(20)10-15(23-14)25-17(27)13-7-5-6-8-21-13;1-8(16)13(21)19-11-6-9(15)7-12(18-11)20-14(22)10-4-2-3-5-17-10/h5-11H,1-4H3,(H,22,28)(H2,23,24,25,26,27);2-8H,16H2,1H3,(H2,18,19,20,21,22). The molecule has 4 aromatic rings. The first-order valence-corrected chi connectivity index (χ1v) is 15.9. The van der Waals surface area contributed by atoms with E-state index < -0.39 is 47.4 Å². The second kappa shape index (κ2) is 18.3. The van der Waals surface area contributed by atoms with Gasteiger partial charge in [0.15, 0.2) is 0 Å². The zero-order valence-corrected chi connectivity index (χ0v) is 29.7. The van der Waals surface area contributed by atoms with Crippen LogP contribution >= 0.6 is 23.2 Å². The van der Waals surface area contributed by atoms with Crippen molar-refractivity contribution in [2.75, 3.05) is 21.3 Å². The Kier molecular flexibility index (Phi) is 14.3. The van der Waals surface area contributed by atoms with Crippen LogP contribution in [0.5, 0.6) is 0 Å². The van der Waals surface area contributed by atoms with Gasteiger partial charge in [-0.3, -0.25) is 29.1 Å².